The summed E-state index contributed by atoms with van der Waals surface area (Å²) >= 11 is 0. The molecule has 2 fully saturated rings. The minimum atomic E-state index is 0.0749. The molecule has 1 aromatic heterocycles. The number of rotatable bonds is 3. The highest BCUT2D eigenvalue weighted by Gasteiger charge is 2.30. The molecule has 0 N–H and O–H groups in total. The first-order valence-corrected chi connectivity index (χ1v) is 8.10. The van der Waals surface area contributed by atoms with Crippen molar-refractivity contribution in [3.63, 3.8) is 0 Å². The third-order valence-corrected chi connectivity index (χ3v) is 4.67. The molecule has 22 heavy (non-hydrogen) atoms. The molecule has 2 aliphatic rings. The second kappa shape index (κ2) is 6.10. The number of carbonyl (C=O) groups excluding carboxylic acids is 2. The van der Waals surface area contributed by atoms with E-state index in [1.165, 1.54) is 0 Å². The molecule has 0 aliphatic carbocycles. The smallest absolute Gasteiger partial charge is 0.242 e. The minimum absolute atomic E-state index is 0.0749. The molecule has 3 rings (SSSR count). The van der Waals surface area contributed by atoms with Crippen molar-refractivity contribution in [3.8, 4) is 0 Å². The molecule has 6 heteroatoms. The standard InChI is InChI=1S/C16H24N4O2/c1-12-9-18(2)16(17-12)13-5-3-7-19(10-13)15(22)11-20-8-4-6-14(20)21/h9,13H,3-8,10-11H2,1-2H3/t13-/m1/s1. The Kier molecular flexibility index (Phi) is 4.18. The lowest BCUT2D eigenvalue weighted by Crippen LogP contribution is -2.45. The van der Waals surface area contributed by atoms with Crippen LogP contribution in [0.1, 0.15) is 43.1 Å². The van der Waals surface area contributed by atoms with Gasteiger partial charge >= 0.3 is 0 Å². The summed E-state index contributed by atoms with van der Waals surface area (Å²) in [5, 5.41) is 0. The van der Waals surface area contributed by atoms with Gasteiger partial charge in [-0.1, -0.05) is 0 Å². The summed E-state index contributed by atoms with van der Waals surface area (Å²) in [6.07, 6.45) is 5.55. The van der Waals surface area contributed by atoms with Crippen LogP contribution in [0, 0.1) is 6.92 Å². The number of piperidine rings is 1. The number of imidazole rings is 1. The fourth-order valence-corrected chi connectivity index (χ4v) is 3.56. The Hall–Kier alpha value is -1.85. The molecule has 3 heterocycles. The molecule has 1 atom stereocenters. The lowest BCUT2D eigenvalue weighted by Gasteiger charge is -2.33. The summed E-state index contributed by atoms with van der Waals surface area (Å²) in [6.45, 7) is 4.46. The first-order chi connectivity index (χ1) is 10.5. The van der Waals surface area contributed by atoms with E-state index in [9.17, 15) is 9.59 Å². The van der Waals surface area contributed by atoms with Crippen molar-refractivity contribution in [2.24, 2.45) is 7.05 Å². The zero-order chi connectivity index (χ0) is 15.7. The van der Waals surface area contributed by atoms with E-state index in [0.717, 1.165) is 43.9 Å². The monoisotopic (exact) mass is 304 g/mol. The fourth-order valence-electron chi connectivity index (χ4n) is 3.56. The number of aromatic nitrogens is 2. The minimum Gasteiger partial charge on any atom is -0.340 e. The summed E-state index contributed by atoms with van der Waals surface area (Å²) in [5.74, 6) is 1.55. The lowest BCUT2D eigenvalue weighted by atomic mass is 9.97. The van der Waals surface area contributed by atoms with Gasteiger partial charge in [0.2, 0.25) is 11.8 Å². The van der Waals surface area contributed by atoms with Gasteiger partial charge in [-0.15, -0.1) is 0 Å². The van der Waals surface area contributed by atoms with Crippen molar-refractivity contribution in [2.45, 2.75) is 38.5 Å². The van der Waals surface area contributed by atoms with Crippen LogP contribution in [0.2, 0.25) is 0 Å². The zero-order valence-corrected chi connectivity index (χ0v) is 13.4. The van der Waals surface area contributed by atoms with Gasteiger partial charge in [0.05, 0.1) is 12.2 Å². The first-order valence-electron chi connectivity index (χ1n) is 8.10. The van der Waals surface area contributed by atoms with Crippen LogP contribution < -0.4 is 0 Å². The SMILES string of the molecule is Cc1cn(C)c([C@@H]2CCCN(C(=O)CN3CCCC3=O)C2)n1. The van der Waals surface area contributed by atoms with Gasteiger partial charge in [0.25, 0.3) is 0 Å². The Labute approximate surface area is 131 Å². The average Bonchev–Trinajstić information content (AvgIpc) is 3.05. The zero-order valence-electron chi connectivity index (χ0n) is 13.4. The van der Waals surface area contributed by atoms with Crippen LogP contribution in [-0.4, -0.2) is 57.3 Å². The molecule has 0 saturated carbocycles. The van der Waals surface area contributed by atoms with Crippen molar-refractivity contribution in [2.75, 3.05) is 26.2 Å². The largest absolute Gasteiger partial charge is 0.340 e. The highest BCUT2D eigenvalue weighted by atomic mass is 16.2. The van der Waals surface area contributed by atoms with E-state index in [2.05, 4.69) is 9.55 Å². The molecular weight excluding hydrogens is 280 g/mol. The van der Waals surface area contributed by atoms with Crippen molar-refractivity contribution in [3.05, 3.63) is 17.7 Å². The summed E-state index contributed by atoms with van der Waals surface area (Å²) in [5.41, 5.74) is 1.02. The number of likely N-dealkylation sites (tertiary alicyclic amines) is 2. The van der Waals surface area contributed by atoms with E-state index >= 15 is 0 Å². The molecular formula is C16H24N4O2. The molecule has 2 aliphatic heterocycles. The Morgan fingerprint density at radius 3 is 2.82 bits per heavy atom. The number of carbonyl (C=O) groups is 2. The molecule has 0 spiro atoms. The van der Waals surface area contributed by atoms with Gasteiger partial charge in [0.15, 0.2) is 0 Å². The Balaban J connectivity index is 1.64. The van der Waals surface area contributed by atoms with Crippen LogP contribution in [0.15, 0.2) is 6.20 Å². The average molecular weight is 304 g/mol. The maximum absolute atomic E-state index is 12.5. The van der Waals surface area contributed by atoms with E-state index in [0.29, 0.717) is 18.9 Å². The number of hydrogen-bond donors (Lipinski definition) is 0. The molecule has 2 saturated heterocycles. The maximum atomic E-state index is 12.5. The normalized spacial score (nSPS) is 22.5. The van der Waals surface area contributed by atoms with Crippen LogP contribution >= 0.6 is 0 Å². The molecule has 120 valence electrons. The van der Waals surface area contributed by atoms with Crippen LogP contribution in [0.3, 0.4) is 0 Å². The highest BCUT2D eigenvalue weighted by molar-refractivity contribution is 5.86. The van der Waals surface area contributed by atoms with E-state index in [-0.39, 0.29) is 18.4 Å². The van der Waals surface area contributed by atoms with Crippen molar-refractivity contribution in [1.82, 2.24) is 19.4 Å². The highest BCUT2D eigenvalue weighted by Crippen LogP contribution is 2.26. The summed E-state index contributed by atoms with van der Waals surface area (Å²) < 4.78 is 2.07. The maximum Gasteiger partial charge on any atom is 0.242 e. The third kappa shape index (κ3) is 3.00. The molecule has 1 aromatic rings. The summed E-state index contributed by atoms with van der Waals surface area (Å²) in [7, 11) is 2.01. The number of aryl methyl sites for hydroxylation is 2. The van der Waals surface area contributed by atoms with Gasteiger partial charge in [-0.2, -0.15) is 0 Å². The van der Waals surface area contributed by atoms with Crippen LogP contribution in [-0.2, 0) is 16.6 Å². The van der Waals surface area contributed by atoms with Gasteiger partial charge in [-0.25, -0.2) is 4.98 Å². The van der Waals surface area contributed by atoms with Gasteiger partial charge in [0.1, 0.15) is 5.82 Å². The predicted molar refractivity (Wildman–Crippen MR) is 82.3 cm³/mol. The van der Waals surface area contributed by atoms with Crippen molar-refractivity contribution < 1.29 is 9.59 Å². The summed E-state index contributed by atoms with van der Waals surface area (Å²) in [4.78, 5) is 32.3. The van der Waals surface area contributed by atoms with E-state index < -0.39 is 0 Å². The van der Waals surface area contributed by atoms with Crippen LogP contribution in [0.25, 0.3) is 0 Å². The Bertz CT molecular complexity index is 581. The third-order valence-electron chi connectivity index (χ3n) is 4.67. The van der Waals surface area contributed by atoms with E-state index in [4.69, 9.17) is 0 Å². The fraction of sp³-hybridized carbons (Fsp3) is 0.688. The number of hydrogen-bond acceptors (Lipinski definition) is 3. The molecule has 0 aromatic carbocycles. The number of amides is 2. The van der Waals surface area contributed by atoms with E-state index in [1.54, 1.807) is 4.90 Å². The molecule has 0 radical (unpaired) electrons. The lowest BCUT2D eigenvalue weighted by molar-refractivity contribution is -0.139. The van der Waals surface area contributed by atoms with Crippen LogP contribution in [0.5, 0.6) is 0 Å². The van der Waals surface area contributed by atoms with Gasteiger partial charge in [-0.3, -0.25) is 9.59 Å². The molecule has 2 amide bonds. The Morgan fingerprint density at radius 1 is 1.36 bits per heavy atom. The van der Waals surface area contributed by atoms with Gasteiger partial charge < -0.3 is 14.4 Å². The molecule has 0 unspecified atom stereocenters. The topological polar surface area (TPSA) is 58.4 Å². The van der Waals surface area contributed by atoms with Crippen molar-refractivity contribution in [1.29, 1.82) is 0 Å². The van der Waals surface area contributed by atoms with Gasteiger partial charge in [0, 0.05) is 45.2 Å². The van der Waals surface area contributed by atoms with Gasteiger partial charge in [-0.05, 0) is 26.2 Å². The summed E-state index contributed by atoms with van der Waals surface area (Å²) in [6, 6.07) is 0. The Morgan fingerprint density at radius 2 is 2.18 bits per heavy atom. The molecule has 0 bridgehead atoms. The second-order valence-electron chi connectivity index (χ2n) is 6.45. The number of nitrogens with zero attached hydrogens (tertiary/aromatic N) is 4. The quantitative estimate of drug-likeness (QED) is 0.839. The predicted octanol–water partition coefficient (Wildman–Crippen LogP) is 1.06. The molecule has 6 nitrogen and oxygen atoms in total. The van der Waals surface area contributed by atoms with Crippen molar-refractivity contribution >= 4 is 11.8 Å². The van der Waals surface area contributed by atoms with E-state index in [1.807, 2.05) is 25.1 Å². The first kappa shape index (κ1) is 15.1. The second-order valence-corrected chi connectivity index (χ2v) is 6.45. The van der Waals surface area contributed by atoms with Crippen LogP contribution in [0.4, 0.5) is 0 Å².